The topological polar surface area (TPSA) is 57.8 Å². The van der Waals surface area contributed by atoms with Gasteiger partial charge in [-0.05, 0) is 31.2 Å². The van der Waals surface area contributed by atoms with E-state index in [0.717, 1.165) is 12.1 Å². The number of carbonyl (C=O) groups excluding carboxylic acids is 1. The van der Waals surface area contributed by atoms with E-state index in [1.165, 1.54) is 19.1 Å². The highest BCUT2D eigenvalue weighted by atomic mass is 79.9. The molecule has 0 bridgehead atoms. The fourth-order valence-corrected chi connectivity index (χ4v) is 2.62. The molecule has 0 saturated heterocycles. The Balaban J connectivity index is 2.61. The van der Waals surface area contributed by atoms with Gasteiger partial charge in [-0.25, -0.2) is 4.39 Å². The van der Waals surface area contributed by atoms with Crippen molar-refractivity contribution in [1.29, 1.82) is 0 Å². The number of halogens is 6. The molecule has 1 heterocycles. The van der Waals surface area contributed by atoms with Crippen molar-refractivity contribution < 1.29 is 22.4 Å². The van der Waals surface area contributed by atoms with E-state index >= 15 is 0 Å². The van der Waals surface area contributed by atoms with E-state index in [0.29, 0.717) is 4.47 Å². The van der Waals surface area contributed by atoms with Crippen LogP contribution in [-0.2, 0) is 16.5 Å². The summed E-state index contributed by atoms with van der Waals surface area (Å²) in [5, 5.41) is 7.85. The maximum absolute atomic E-state index is 14.3. The maximum Gasteiger partial charge on any atom is 0.435 e. The van der Waals surface area contributed by atoms with Gasteiger partial charge in [0, 0.05) is 10.0 Å². The molecule has 0 radical (unpaired) electrons. The molecule has 0 aliphatic rings. The summed E-state index contributed by atoms with van der Waals surface area (Å²) in [5.41, 5.74) is -2.99. The van der Waals surface area contributed by atoms with Crippen molar-refractivity contribution in [2.75, 3.05) is 5.88 Å². The number of benzene rings is 1. The number of nitrogens with one attached hydrogen (secondary N) is 2. The summed E-state index contributed by atoms with van der Waals surface area (Å²) < 4.78 is 53.1. The molecule has 10 heteroatoms. The molecule has 0 aliphatic heterocycles. The molecule has 1 aromatic heterocycles. The van der Waals surface area contributed by atoms with Crippen molar-refractivity contribution in [2.24, 2.45) is 0 Å². The van der Waals surface area contributed by atoms with Gasteiger partial charge in [-0.2, -0.15) is 18.3 Å². The molecule has 2 aromatic rings. The minimum Gasteiger partial charge on any atom is -0.340 e. The Morgan fingerprint density at radius 2 is 2.04 bits per heavy atom. The number of nitrogens with zero attached hydrogens (tertiary/aromatic N) is 1. The minimum absolute atomic E-state index is 0.0484. The van der Waals surface area contributed by atoms with Crippen LogP contribution >= 0.6 is 27.5 Å². The second-order valence-corrected chi connectivity index (χ2v) is 6.28. The zero-order chi connectivity index (χ0) is 18.1. The molecule has 1 atom stereocenters. The first-order valence-electron chi connectivity index (χ1n) is 6.53. The third-order valence-electron chi connectivity index (χ3n) is 3.38. The van der Waals surface area contributed by atoms with Crippen molar-refractivity contribution in [3.63, 3.8) is 0 Å². The molecule has 0 fully saturated rings. The zero-order valence-corrected chi connectivity index (χ0v) is 14.5. The van der Waals surface area contributed by atoms with Crippen LogP contribution in [0.25, 0.3) is 0 Å². The number of aromatic nitrogens is 2. The number of carbonyl (C=O) groups is 1. The molecule has 1 unspecified atom stereocenters. The number of rotatable bonds is 4. The lowest BCUT2D eigenvalue weighted by molar-refractivity contribution is -0.141. The Hall–Kier alpha value is -1.61. The van der Waals surface area contributed by atoms with Gasteiger partial charge in [-0.1, -0.05) is 15.9 Å². The minimum atomic E-state index is -4.68. The zero-order valence-electron chi connectivity index (χ0n) is 12.1. The number of hydrogen-bond acceptors (Lipinski definition) is 2. The Bertz CT molecular complexity index is 765. The van der Waals surface area contributed by atoms with Gasteiger partial charge in [0.2, 0.25) is 5.91 Å². The Labute approximate surface area is 147 Å². The van der Waals surface area contributed by atoms with E-state index in [1.807, 2.05) is 0 Å². The molecule has 0 aliphatic carbocycles. The van der Waals surface area contributed by atoms with E-state index in [1.54, 1.807) is 0 Å². The number of amides is 1. The standard InChI is InChI=1S/C14H11BrClF4N3O/c1-13(21-12(24)6-16,8-4-7(15)2-3-9(8)17)10-5-11(23-22-10)14(18,19)20/h2-5H,6H2,1H3,(H,21,24)(H,22,23). The molecule has 0 spiro atoms. The van der Waals surface area contributed by atoms with Crippen LogP contribution in [0.2, 0.25) is 0 Å². The van der Waals surface area contributed by atoms with Gasteiger partial charge < -0.3 is 5.32 Å². The Morgan fingerprint density at radius 1 is 1.38 bits per heavy atom. The number of hydrogen-bond donors (Lipinski definition) is 2. The summed E-state index contributed by atoms with van der Waals surface area (Å²) in [6, 6.07) is 4.63. The normalized spacial score (nSPS) is 14.3. The van der Waals surface area contributed by atoms with Crippen LogP contribution < -0.4 is 5.32 Å². The van der Waals surface area contributed by atoms with E-state index in [-0.39, 0.29) is 11.3 Å². The van der Waals surface area contributed by atoms with Crippen LogP contribution in [0.1, 0.15) is 23.9 Å². The predicted octanol–water partition coefficient (Wildman–Crippen LogP) is 3.95. The van der Waals surface area contributed by atoms with Crippen LogP contribution in [-0.4, -0.2) is 22.0 Å². The van der Waals surface area contributed by atoms with Crippen molar-refractivity contribution in [1.82, 2.24) is 15.5 Å². The smallest absolute Gasteiger partial charge is 0.340 e. The summed E-state index contributed by atoms with van der Waals surface area (Å²) in [6.45, 7) is 1.36. The van der Waals surface area contributed by atoms with E-state index < -0.39 is 35.0 Å². The molecule has 0 saturated carbocycles. The summed E-state index contributed by atoms with van der Waals surface area (Å²) >= 11 is 8.63. The molecule has 2 rings (SSSR count). The number of H-pyrrole nitrogens is 1. The molecular weight excluding hydrogens is 418 g/mol. The average molecular weight is 429 g/mol. The fourth-order valence-electron chi connectivity index (χ4n) is 2.20. The first-order chi connectivity index (χ1) is 11.1. The van der Waals surface area contributed by atoms with E-state index in [2.05, 4.69) is 31.4 Å². The van der Waals surface area contributed by atoms with Gasteiger partial charge in [0.25, 0.3) is 0 Å². The van der Waals surface area contributed by atoms with Crippen molar-refractivity contribution >= 4 is 33.4 Å². The predicted molar refractivity (Wildman–Crippen MR) is 83.0 cm³/mol. The summed E-state index contributed by atoms with van der Waals surface area (Å²) in [6.07, 6.45) is -4.68. The lowest BCUT2D eigenvalue weighted by Gasteiger charge is -2.30. The second-order valence-electron chi connectivity index (χ2n) is 5.10. The molecule has 1 amide bonds. The molecule has 2 N–H and O–H groups in total. The summed E-state index contributed by atoms with van der Waals surface area (Å²) in [4.78, 5) is 11.7. The van der Waals surface area contributed by atoms with Crippen molar-refractivity contribution in [3.8, 4) is 0 Å². The summed E-state index contributed by atoms with van der Waals surface area (Å²) in [5.74, 6) is -1.83. The van der Waals surface area contributed by atoms with Crippen LogP contribution in [0, 0.1) is 5.82 Å². The van der Waals surface area contributed by atoms with Gasteiger partial charge >= 0.3 is 6.18 Å². The van der Waals surface area contributed by atoms with Crippen LogP contribution in [0.3, 0.4) is 0 Å². The quantitative estimate of drug-likeness (QED) is 0.572. The van der Waals surface area contributed by atoms with Crippen molar-refractivity contribution in [3.05, 3.63) is 51.5 Å². The molecule has 130 valence electrons. The lowest BCUT2D eigenvalue weighted by Crippen LogP contribution is -2.46. The number of aromatic amines is 1. The fraction of sp³-hybridized carbons (Fsp3) is 0.286. The Morgan fingerprint density at radius 3 is 2.58 bits per heavy atom. The van der Waals surface area contributed by atoms with Crippen LogP contribution in [0.4, 0.5) is 17.6 Å². The Kier molecular flexibility index (Phi) is 5.24. The molecule has 4 nitrogen and oxygen atoms in total. The molecule has 1 aromatic carbocycles. The highest BCUT2D eigenvalue weighted by Gasteiger charge is 2.39. The second kappa shape index (κ2) is 6.72. The van der Waals surface area contributed by atoms with Gasteiger partial charge in [-0.15, -0.1) is 11.6 Å². The van der Waals surface area contributed by atoms with Gasteiger partial charge in [0.05, 0.1) is 5.69 Å². The van der Waals surface area contributed by atoms with Gasteiger partial charge in [-0.3, -0.25) is 9.89 Å². The average Bonchev–Trinajstić information content (AvgIpc) is 3.00. The largest absolute Gasteiger partial charge is 0.435 e. The monoisotopic (exact) mass is 427 g/mol. The third kappa shape index (κ3) is 3.72. The maximum atomic E-state index is 14.3. The van der Waals surface area contributed by atoms with Gasteiger partial charge in [0.15, 0.2) is 5.69 Å². The van der Waals surface area contributed by atoms with E-state index in [4.69, 9.17) is 11.6 Å². The van der Waals surface area contributed by atoms with Crippen molar-refractivity contribution in [2.45, 2.75) is 18.6 Å². The highest BCUT2D eigenvalue weighted by molar-refractivity contribution is 9.10. The SMILES string of the molecule is CC(NC(=O)CCl)(c1cc(C(F)(F)F)n[nH]1)c1cc(Br)ccc1F. The van der Waals surface area contributed by atoms with Crippen LogP contribution in [0.15, 0.2) is 28.7 Å². The van der Waals surface area contributed by atoms with E-state index in [9.17, 15) is 22.4 Å². The highest BCUT2D eigenvalue weighted by Crippen LogP contribution is 2.35. The first-order valence-corrected chi connectivity index (χ1v) is 7.86. The van der Waals surface area contributed by atoms with Gasteiger partial charge in [0.1, 0.15) is 17.2 Å². The first kappa shape index (κ1) is 18.7. The molecular formula is C14H11BrClF4N3O. The molecule has 24 heavy (non-hydrogen) atoms. The third-order valence-corrected chi connectivity index (χ3v) is 4.12. The number of alkyl halides is 4. The van der Waals surface area contributed by atoms with Crippen LogP contribution in [0.5, 0.6) is 0 Å². The summed E-state index contributed by atoms with van der Waals surface area (Å²) in [7, 11) is 0. The lowest BCUT2D eigenvalue weighted by atomic mass is 9.87.